The third kappa shape index (κ3) is 1.86. The van der Waals surface area contributed by atoms with Gasteiger partial charge in [-0.25, -0.2) is 0 Å². The predicted molar refractivity (Wildman–Crippen MR) is 94.1 cm³/mol. The molecule has 6 rings (SSSR count). The van der Waals surface area contributed by atoms with Crippen LogP contribution in [-0.2, 0) is 19.8 Å². The number of benzene rings is 1. The van der Waals surface area contributed by atoms with Crippen LogP contribution in [-0.4, -0.2) is 38.3 Å². The number of hydroxylamine groups is 1. The molecule has 1 aromatic rings. The number of ether oxygens (including phenoxy) is 1. The maximum atomic E-state index is 13.5. The van der Waals surface area contributed by atoms with Crippen molar-refractivity contribution in [3.63, 3.8) is 0 Å². The molecule has 3 saturated heterocycles. The second kappa shape index (κ2) is 5.40. The molecule has 4 heterocycles. The molecule has 25 heavy (non-hydrogen) atoms. The third-order valence-electron chi connectivity index (χ3n) is 6.85. The molecule has 1 aromatic carbocycles. The second-order valence-corrected chi connectivity index (χ2v) is 7.65. The van der Waals surface area contributed by atoms with Crippen LogP contribution in [0, 0.1) is 11.8 Å². The first-order chi connectivity index (χ1) is 12.2. The predicted octanol–water partition coefficient (Wildman–Crippen LogP) is 2.18. The Hall–Kier alpha value is -1.69. The smallest absolute Gasteiger partial charge is 0.264 e. The summed E-state index contributed by atoms with van der Waals surface area (Å²) in [6.07, 6.45) is 3.85. The monoisotopic (exact) mass is 340 g/mol. The summed E-state index contributed by atoms with van der Waals surface area (Å²) < 4.78 is 6.32. The van der Waals surface area contributed by atoms with Gasteiger partial charge in [0.25, 0.3) is 5.91 Å². The lowest BCUT2D eigenvalue weighted by molar-refractivity contribution is -0.137. The van der Waals surface area contributed by atoms with Crippen LogP contribution < -0.4 is 10.4 Å². The lowest BCUT2D eigenvalue weighted by Crippen LogP contribution is -2.50. The quantitative estimate of drug-likeness (QED) is 0.796. The number of piperidine rings is 1. The number of allylic oxidation sites excluding steroid dienone is 1. The van der Waals surface area contributed by atoms with Crippen molar-refractivity contribution in [1.82, 2.24) is 5.32 Å². The van der Waals surface area contributed by atoms with Crippen LogP contribution >= 0.6 is 0 Å². The molecule has 0 unspecified atom stereocenters. The Morgan fingerprint density at radius 3 is 3.04 bits per heavy atom. The average Bonchev–Trinajstić information content (AvgIpc) is 2.74. The van der Waals surface area contributed by atoms with Gasteiger partial charge in [-0.1, -0.05) is 29.8 Å². The highest BCUT2D eigenvalue weighted by atomic mass is 16.7. The van der Waals surface area contributed by atoms with Crippen molar-refractivity contribution in [3.05, 3.63) is 41.5 Å². The normalized spacial score (nSPS) is 40.6. The first-order valence-corrected chi connectivity index (χ1v) is 9.19. The molecule has 5 atom stereocenters. The summed E-state index contributed by atoms with van der Waals surface area (Å²) in [4.78, 5) is 19.0. The molecule has 0 radical (unpaired) electrons. The van der Waals surface area contributed by atoms with Crippen molar-refractivity contribution in [2.45, 2.75) is 37.3 Å². The van der Waals surface area contributed by atoms with E-state index in [-0.39, 0.29) is 12.0 Å². The number of hydrogen-bond donors (Lipinski definition) is 1. The molecule has 1 amide bonds. The molecule has 4 bridgehead atoms. The van der Waals surface area contributed by atoms with Crippen LogP contribution in [0.2, 0.25) is 0 Å². The van der Waals surface area contributed by atoms with E-state index in [0.29, 0.717) is 17.9 Å². The third-order valence-corrected chi connectivity index (χ3v) is 6.85. The Morgan fingerprint density at radius 1 is 1.40 bits per heavy atom. The fraction of sp³-hybridized carbons (Fsp3) is 0.550. The number of rotatable bonds is 1. The summed E-state index contributed by atoms with van der Waals surface area (Å²) in [7, 11) is 1.57. The highest BCUT2D eigenvalue weighted by molar-refractivity contribution is 6.07. The fourth-order valence-electron chi connectivity index (χ4n) is 5.66. The molecule has 132 valence electrons. The molecule has 1 aliphatic carbocycles. The second-order valence-electron chi connectivity index (χ2n) is 7.65. The van der Waals surface area contributed by atoms with Gasteiger partial charge in [0.2, 0.25) is 0 Å². The van der Waals surface area contributed by atoms with E-state index in [1.165, 1.54) is 10.6 Å². The van der Waals surface area contributed by atoms with Gasteiger partial charge in [-0.2, -0.15) is 5.06 Å². The van der Waals surface area contributed by atoms with Crippen LogP contribution in [0.4, 0.5) is 5.69 Å². The van der Waals surface area contributed by atoms with Crippen molar-refractivity contribution < 1.29 is 14.4 Å². The van der Waals surface area contributed by atoms with E-state index in [2.05, 4.69) is 24.4 Å². The van der Waals surface area contributed by atoms with Gasteiger partial charge >= 0.3 is 0 Å². The largest absolute Gasteiger partial charge is 0.376 e. The minimum Gasteiger partial charge on any atom is -0.376 e. The van der Waals surface area contributed by atoms with Gasteiger partial charge in [-0.3, -0.25) is 9.63 Å². The Balaban J connectivity index is 1.68. The van der Waals surface area contributed by atoms with E-state index in [0.717, 1.165) is 37.2 Å². The van der Waals surface area contributed by atoms with Crippen LogP contribution in [0.15, 0.2) is 35.9 Å². The van der Waals surface area contributed by atoms with Gasteiger partial charge in [-0.15, -0.1) is 0 Å². The molecule has 4 fully saturated rings. The van der Waals surface area contributed by atoms with Crippen LogP contribution in [0.1, 0.15) is 25.3 Å². The van der Waals surface area contributed by atoms with Crippen molar-refractivity contribution in [1.29, 1.82) is 0 Å². The first-order valence-electron chi connectivity index (χ1n) is 9.19. The molecule has 1 saturated carbocycles. The Bertz CT molecular complexity index is 761. The van der Waals surface area contributed by atoms with E-state index in [4.69, 9.17) is 9.57 Å². The molecule has 4 aliphatic heterocycles. The topological polar surface area (TPSA) is 50.8 Å². The number of amides is 1. The summed E-state index contributed by atoms with van der Waals surface area (Å²) in [6.45, 7) is 3.78. The molecule has 5 nitrogen and oxygen atoms in total. The summed E-state index contributed by atoms with van der Waals surface area (Å²) in [5.74, 6) is 0.997. The van der Waals surface area contributed by atoms with Gasteiger partial charge in [0.05, 0.1) is 25.5 Å². The van der Waals surface area contributed by atoms with Gasteiger partial charge in [0.15, 0.2) is 0 Å². The number of anilines is 1. The summed E-state index contributed by atoms with van der Waals surface area (Å²) in [5, 5.41) is 5.16. The fourth-order valence-corrected chi connectivity index (χ4v) is 5.66. The van der Waals surface area contributed by atoms with Crippen molar-refractivity contribution in [2.24, 2.45) is 11.8 Å². The molecule has 5 heteroatoms. The zero-order valence-electron chi connectivity index (χ0n) is 14.7. The number of carbonyl (C=O) groups is 1. The number of fused-ring (bicyclic) bond motifs is 2. The van der Waals surface area contributed by atoms with Crippen molar-refractivity contribution in [2.75, 3.05) is 25.3 Å². The zero-order valence-corrected chi connectivity index (χ0v) is 14.7. The standard InChI is InChI=1S/C20H24N2O3/c1-3-12-10-21-16-9-20(18-8-13(12)14(16)11-25-18)15-6-4-5-7-17(15)22(24-2)19(20)23/h3-7,13-14,16,18,21H,8-11H2,1-2H3/b12-3-/t13-,14-,16-,18+,20+/m1/s1. The number of para-hydroxylation sites is 1. The SMILES string of the molecule is C/C=C1/CN[C@@H]2C[C@@]3(C(=O)N(OC)c4ccccc43)[C@@H]3C[C@H]1[C@H]2CO3. The van der Waals surface area contributed by atoms with Crippen LogP contribution in [0.25, 0.3) is 0 Å². The Labute approximate surface area is 147 Å². The van der Waals surface area contributed by atoms with Gasteiger partial charge in [-0.05, 0) is 37.3 Å². The number of nitrogens with zero attached hydrogens (tertiary/aromatic N) is 1. The summed E-state index contributed by atoms with van der Waals surface area (Å²) >= 11 is 0. The minimum absolute atomic E-state index is 0.0261. The van der Waals surface area contributed by atoms with Crippen LogP contribution in [0.3, 0.4) is 0 Å². The molecule has 5 aliphatic rings. The maximum Gasteiger partial charge on any atom is 0.264 e. The minimum atomic E-state index is -0.642. The molecule has 1 spiro atoms. The number of carbonyl (C=O) groups excluding carboxylic acids is 1. The Morgan fingerprint density at radius 2 is 2.24 bits per heavy atom. The van der Waals surface area contributed by atoms with E-state index in [9.17, 15) is 4.79 Å². The van der Waals surface area contributed by atoms with Crippen molar-refractivity contribution >= 4 is 11.6 Å². The van der Waals surface area contributed by atoms with Crippen LogP contribution in [0.5, 0.6) is 0 Å². The highest BCUT2D eigenvalue weighted by Gasteiger charge is 2.63. The molecule has 0 aromatic heterocycles. The van der Waals surface area contributed by atoms with Gasteiger partial charge in [0.1, 0.15) is 5.41 Å². The van der Waals surface area contributed by atoms with Crippen molar-refractivity contribution in [3.8, 4) is 0 Å². The van der Waals surface area contributed by atoms with Gasteiger partial charge < -0.3 is 10.1 Å². The molecule has 1 N–H and O–H groups in total. The first kappa shape index (κ1) is 15.6. The highest BCUT2D eigenvalue weighted by Crippen LogP contribution is 2.55. The van der Waals surface area contributed by atoms with E-state index in [1.807, 2.05) is 18.2 Å². The zero-order chi connectivity index (χ0) is 17.2. The number of hydrogen-bond acceptors (Lipinski definition) is 4. The molecular formula is C20H24N2O3. The average molecular weight is 340 g/mol. The van der Waals surface area contributed by atoms with E-state index in [1.54, 1.807) is 7.11 Å². The lowest BCUT2D eigenvalue weighted by atomic mass is 9.72. The number of nitrogens with one attached hydrogen (secondary N) is 1. The molecular weight excluding hydrogens is 316 g/mol. The summed E-state index contributed by atoms with van der Waals surface area (Å²) in [5.41, 5.74) is 2.75. The Kier molecular flexibility index (Phi) is 3.36. The summed E-state index contributed by atoms with van der Waals surface area (Å²) in [6, 6.07) is 8.33. The maximum absolute atomic E-state index is 13.5. The van der Waals surface area contributed by atoms with Gasteiger partial charge in [0, 0.05) is 18.5 Å². The van der Waals surface area contributed by atoms with E-state index >= 15 is 0 Å². The lowest BCUT2D eigenvalue weighted by Gasteiger charge is -2.42. The van der Waals surface area contributed by atoms with E-state index < -0.39 is 5.41 Å².